The standard InChI is InChI=1S/C28H29N5OS/c1-5-34-22-13-11-21(12-14-22)33-26(25(31-28(33)35)24-10-6-7-15-29-24)23-17-19(3)32(20(23)4)27-18(2)9-8-16-30-27/h6-17,25-26H,5H2,1-4H3,(H,31,35)/t25-,26+/m0/s1. The summed E-state index contributed by atoms with van der Waals surface area (Å²) in [7, 11) is 0. The number of benzene rings is 1. The first-order valence-corrected chi connectivity index (χ1v) is 12.2. The van der Waals surface area contributed by atoms with Gasteiger partial charge in [0, 0.05) is 29.5 Å². The third kappa shape index (κ3) is 4.17. The van der Waals surface area contributed by atoms with Gasteiger partial charge < -0.3 is 19.5 Å². The quantitative estimate of drug-likeness (QED) is 0.352. The van der Waals surface area contributed by atoms with E-state index in [0.29, 0.717) is 11.7 Å². The predicted octanol–water partition coefficient (Wildman–Crippen LogP) is 5.77. The molecule has 1 N–H and O–H groups in total. The number of thiocarbonyl (C=S) groups is 1. The van der Waals surface area contributed by atoms with Gasteiger partial charge in [-0.25, -0.2) is 4.98 Å². The highest BCUT2D eigenvalue weighted by molar-refractivity contribution is 7.80. The smallest absolute Gasteiger partial charge is 0.174 e. The largest absolute Gasteiger partial charge is 0.494 e. The summed E-state index contributed by atoms with van der Waals surface area (Å²) in [6.07, 6.45) is 3.67. The van der Waals surface area contributed by atoms with Gasteiger partial charge in [-0.05, 0) is 99.6 Å². The van der Waals surface area contributed by atoms with E-state index in [-0.39, 0.29) is 12.1 Å². The van der Waals surface area contributed by atoms with Gasteiger partial charge in [-0.15, -0.1) is 0 Å². The second kappa shape index (κ2) is 9.50. The van der Waals surface area contributed by atoms with Crippen LogP contribution in [0.25, 0.3) is 5.82 Å². The lowest BCUT2D eigenvalue weighted by Crippen LogP contribution is -2.29. The molecule has 0 saturated carbocycles. The predicted molar refractivity (Wildman–Crippen MR) is 143 cm³/mol. The van der Waals surface area contributed by atoms with Gasteiger partial charge in [0.1, 0.15) is 11.6 Å². The summed E-state index contributed by atoms with van der Waals surface area (Å²) >= 11 is 5.89. The summed E-state index contributed by atoms with van der Waals surface area (Å²) in [4.78, 5) is 11.6. The first-order valence-electron chi connectivity index (χ1n) is 11.8. The van der Waals surface area contributed by atoms with E-state index in [1.165, 1.54) is 5.56 Å². The summed E-state index contributed by atoms with van der Waals surface area (Å²) in [5, 5.41) is 4.23. The Bertz CT molecular complexity index is 1350. The van der Waals surface area contributed by atoms with Gasteiger partial charge in [-0.2, -0.15) is 0 Å². The van der Waals surface area contributed by atoms with Crippen LogP contribution >= 0.6 is 12.2 Å². The third-order valence-corrected chi connectivity index (χ3v) is 6.82. The Labute approximate surface area is 211 Å². The Morgan fingerprint density at radius 1 is 0.971 bits per heavy atom. The second-order valence-corrected chi connectivity index (χ2v) is 9.12. The Morgan fingerprint density at radius 3 is 2.43 bits per heavy atom. The Hall–Kier alpha value is -3.71. The number of rotatable bonds is 6. The molecule has 1 aromatic carbocycles. The number of anilines is 1. The maximum atomic E-state index is 5.89. The normalized spacial score (nSPS) is 17.5. The number of aromatic nitrogens is 3. The summed E-state index contributed by atoms with van der Waals surface area (Å²) < 4.78 is 7.90. The van der Waals surface area contributed by atoms with Crippen molar-refractivity contribution in [2.75, 3.05) is 11.5 Å². The number of nitrogens with one attached hydrogen (secondary N) is 1. The minimum atomic E-state index is -0.103. The molecule has 1 saturated heterocycles. The van der Waals surface area contributed by atoms with Gasteiger partial charge in [0.25, 0.3) is 0 Å². The van der Waals surface area contributed by atoms with Crippen LogP contribution in [0.15, 0.2) is 73.1 Å². The number of nitrogens with zero attached hydrogens (tertiary/aromatic N) is 4. The molecule has 2 atom stereocenters. The van der Waals surface area contributed by atoms with Gasteiger partial charge in [0.2, 0.25) is 0 Å². The Kier molecular flexibility index (Phi) is 6.26. The number of ether oxygens (including phenoxy) is 1. The van der Waals surface area contributed by atoms with Gasteiger partial charge in [-0.1, -0.05) is 12.1 Å². The van der Waals surface area contributed by atoms with Crippen LogP contribution in [0.4, 0.5) is 5.69 Å². The van der Waals surface area contributed by atoms with Crippen LogP contribution in [-0.4, -0.2) is 26.3 Å². The van der Waals surface area contributed by atoms with Crippen LogP contribution in [0, 0.1) is 20.8 Å². The van der Waals surface area contributed by atoms with Crippen molar-refractivity contribution in [1.82, 2.24) is 19.9 Å². The van der Waals surface area contributed by atoms with Crippen molar-refractivity contribution in [2.45, 2.75) is 39.8 Å². The molecule has 0 unspecified atom stereocenters. The van der Waals surface area contributed by atoms with E-state index in [0.717, 1.165) is 39.9 Å². The molecule has 4 heterocycles. The molecule has 0 aliphatic carbocycles. The fraction of sp³-hybridized carbons (Fsp3) is 0.250. The minimum absolute atomic E-state index is 0.0840. The third-order valence-electron chi connectivity index (χ3n) is 6.51. The molecule has 1 aliphatic heterocycles. The molecular formula is C28H29N5OS. The van der Waals surface area contributed by atoms with Gasteiger partial charge >= 0.3 is 0 Å². The Morgan fingerprint density at radius 2 is 1.74 bits per heavy atom. The lowest BCUT2D eigenvalue weighted by molar-refractivity contribution is 0.340. The molecule has 6 nitrogen and oxygen atoms in total. The lowest BCUT2D eigenvalue weighted by Gasteiger charge is -2.28. The number of pyridine rings is 2. The zero-order valence-electron chi connectivity index (χ0n) is 20.4. The van der Waals surface area contributed by atoms with E-state index in [1.807, 2.05) is 49.6 Å². The number of hydrogen-bond donors (Lipinski definition) is 1. The SMILES string of the molecule is CCOc1ccc(N2C(=S)N[C@@H](c3ccccn3)[C@H]2c2cc(C)n(-c3ncccc3C)c2C)cc1. The monoisotopic (exact) mass is 483 g/mol. The number of aryl methyl sites for hydroxylation is 2. The van der Waals surface area contributed by atoms with Crippen LogP contribution < -0.4 is 15.0 Å². The molecule has 1 fully saturated rings. The van der Waals surface area contributed by atoms with Crippen LogP contribution in [0.5, 0.6) is 5.75 Å². The fourth-order valence-corrected chi connectivity index (χ4v) is 5.29. The molecule has 1 aliphatic rings. The van der Waals surface area contributed by atoms with Crippen LogP contribution in [0.3, 0.4) is 0 Å². The van der Waals surface area contributed by atoms with Crippen LogP contribution in [0.2, 0.25) is 0 Å². The summed E-state index contributed by atoms with van der Waals surface area (Å²) in [6, 6.07) is 20.3. The van der Waals surface area contributed by atoms with Crippen molar-refractivity contribution in [3.05, 3.63) is 101 Å². The minimum Gasteiger partial charge on any atom is -0.494 e. The van der Waals surface area contributed by atoms with Gasteiger partial charge in [0.15, 0.2) is 5.11 Å². The maximum Gasteiger partial charge on any atom is 0.174 e. The van der Waals surface area contributed by atoms with Crippen LogP contribution in [0.1, 0.15) is 47.2 Å². The van der Waals surface area contributed by atoms with Crippen molar-refractivity contribution in [2.24, 2.45) is 0 Å². The average molecular weight is 484 g/mol. The van der Waals surface area contributed by atoms with Crippen molar-refractivity contribution in [3.8, 4) is 11.6 Å². The highest BCUT2D eigenvalue weighted by atomic mass is 32.1. The molecule has 4 aromatic rings. The first-order chi connectivity index (χ1) is 17.0. The fourth-order valence-electron chi connectivity index (χ4n) is 4.94. The van der Waals surface area contributed by atoms with Gasteiger partial charge in [0.05, 0.1) is 24.4 Å². The van der Waals surface area contributed by atoms with E-state index in [4.69, 9.17) is 17.0 Å². The van der Waals surface area contributed by atoms with E-state index < -0.39 is 0 Å². The van der Waals surface area contributed by atoms with E-state index in [2.05, 4.69) is 75.9 Å². The molecule has 178 valence electrons. The molecule has 35 heavy (non-hydrogen) atoms. The van der Waals surface area contributed by atoms with Crippen LogP contribution in [-0.2, 0) is 0 Å². The molecule has 0 spiro atoms. The highest BCUT2D eigenvalue weighted by Gasteiger charge is 2.42. The van der Waals surface area contributed by atoms with E-state index >= 15 is 0 Å². The number of hydrogen-bond acceptors (Lipinski definition) is 4. The van der Waals surface area contributed by atoms with E-state index in [9.17, 15) is 0 Å². The zero-order valence-corrected chi connectivity index (χ0v) is 21.2. The van der Waals surface area contributed by atoms with Crippen molar-refractivity contribution in [3.63, 3.8) is 0 Å². The maximum absolute atomic E-state index is 5.89. The average Bonchev–Trinajstić information content (AvgIpc) is 3.36. The molecule has 0 bridgehead atoms. The summed E-state index contributed by atoms with van der Waals surface area (Å²) in [5.74, 6) is 1.79. The highest BCUT2D eigenvalue weighted by Crippen LogP contribution is 2.44. The molecule has 0 amide bonds. The molecule has 0 radical (unpaired) electrons. The molecular weight excluding hydrogens is 454 g/mol. The Balaban J connectivity index is 1.65. The lowest BCUT2D eigenvalue weighted by atomic mass is 9.96. The molecule has 3 aromatic heterocycles. The van der Waals surface area contributed by atoms with Gasteiger partial charge in [-0.3, -0.25) is 4.98 Å². The van der Waals surface area contributed by atoms with Crippen molar-refractivity contribution in [1.29, 1.82) is 0 Å². The summed E-state index contributed by atoms with van der Waals surface area (Å²) in [6.45, 7) is 8.99. The van der Waals surface area contributed by atoms with Crippen molar-refractivity contribution < 1.29 is 4.74 Å². The van der Waals surface area contributed by atoms with Crippen molar-refractivity contribution >= 4 is 23.0 Å². The molecule has 5 rings (SSSR count). The summed E-state index contributed by atoms with van der Waals surface area (Å²) in [5.41, 5.74) is 6.54. The van der Waals surface area contributed by atoms with E-state index in [1.54, 1.807) is 0 Å². The molecule has 7 heteroatoms. The topological polar surface area (TPSA) is 55.2 Å². The first kappa shape index (κ1) is 23.1. The zero-order chi connectivity index (χ0) is 24.5. The second-order valence-electron chi connectivity index (χ2n) is 8.73.